The lowest BCUT2D eigenvalue weighted by Gasteiger charge is -1.95. The molecule has 2 N–H and O–H groups in total. The lowest BCUT2D eigenvalue weighted by molar-refractivity contribution is 0.843. The fourth-order valence-corrected chi connectivity index (χ4v) is 0.801. The van der Waals surface area contributed by atoms with E-state index in [4.69, 9.17) is 0 Å². The molecular weight excluding hydrogens is 116 g/mol. The molecule has 1 aromatic heterocycles. The van der Waals surface area contributed by atoms with Crippen LogP contribution in [0.25, 0.3) is 6.20 Å². The van der Waals surface area contributed by atoms with Crippen molar-refractivity contribution in [2.24, 2.45) is 4.99 Å². The third-order valence-electron chi connectivity index (χ3n) is 1.23. The summed E-state index contributed by atoms with van der Waals surface area (Å²) in [6.45, 7) is 0.648. The summed E-state index contributed by atoms with van der Waals surface area (Å²) in [7, 11) is 0. The first-order valence-corrected chi connectivity index (χ1v) is 2.74. The van der Waals surface area contributed by atoms with Crippen molar-refractivity contribution in [3.05, 3.63) is 16.9 Å². The van der Waals surface area contributed by atoms with Crippen molar-refractivity contribution in [1.82, 2.24) is 15.5 Å². The first-order valence-electron chi connectivity index (χ1n) is 2.74. The highest BCUT2D eigenvalue weighted by Crippen LogP contribution is 1.65. The molecular formula is C5H6N4. The van der Waals surface area contributed by atoms with E-state index in [1.54, 1.807) is 6.20 Å². The van der Waals surface area contributed by atoms with E-state index in [1.165, 1.54) is 0 Å². The summed E-state index contributed by atoms with van der Waals surface area (Å²) in [5.41, 5.74) is 0.869. The summed E-state index contributed by atoms with van der Waals surface area (Å²) in [6, 6.07) is 0. The highest BCUT2D eigenvalue weighted by molar-refractivity contribution is 5.18. The number of H-pyrrole nitrogens is 1. The number of aromatic nitrogens is 2. The number of aromatic amines is 1. The maximum absolute atomic E-state index is 4.09. The van der Waals surface area contributed by atoms with Crippen molar-refractivity contribution in [3.63, 3.8) is 0 Å². The van der Waals surface area contributed by atoms with E-state index in [0.29, 0.717) is 6.67 Å². The van der Waals surface area contributed by atoms with Gasteiger partial charge in [-0.2, -0.15) is 5.10 Å². The first kappa shape index (κ1) is 4.55. The summed E-state index contributed by atoms with van der Waals surface area (Å²) in [4.78, 5) is 4.09. The topological polar surface area (TPSA) is 53.1 Å². The van der Waals surface area contributed by atoms with Crippen molar-refractivity contribution >= 4 is 6.20 Å². The SMILES string of the molecule is C1=c2cn[nH]c2=NCN1. The van der Waals surface area contributed by atoms with Gasteiger partial charge in [0.25, 0.3) is 0 Å². The van der Waals surface area contributed by atoms with Gasteiger partial charge in [-0.15, -0.1) is 0 Å². The minimum absolute atomic E-state index is 0.648. The summed E-state index contributed by atoms with van der Waals surface area (Å²) < 4.78 is 0. The van der Waals surface area contributed by atoms with Crippen LogP contribution < -0.4 is 16.0 Å². The van der Waals surface area contributed by atoms with Crippen LogP contribution in [0.1, 0.15) is 0 Å². The Morgan fingerprint density at radius 2 is 2.56 bits per heavy atom. The van der Waals surface area contributed by atoms with E-state index >= 15 is 0 Å². The van der Waals surface area contributed by atoms with Gasteiger partial charge in [0.2, 0.25) is 0 Å². The van der Waals surface area contributed by atoms with E-state index in [2.05, 4.69) is 20.5 Å². The average Bonchev–Trinajstić information content (AvgIpc) is 2.33. The third-order valence-corrected chi connectivity index (χ3v) is 1.23. The van der Waals surface area contributed by atoms with Gasteiger partial charge in [0.05, 0.1) is 11.4 Å². The molecule has 0 aromatic carbocycles. The molecule has 0 spiro atoms. The zero-order valence-electron chi connectivity index (χ0n) is 4.76. The van der Waals surface area contributed by atoms with Crippen LogP contribution in [-0.4, -0.2) is 16.9 Å². The van der Waals surface area contributed by atoms with E-state index in [9.17, 15) is 0 Å². The first-order chi connectivity index (χ1) is 4.47. The molecule has 0 aliphatic carbocycles. The Balaban J connectivity index is 2.89. The molecule has 1 aliphatic heterocycles. The normalized spacial score (nSPS) is 14.7. The van der Waals surface area contributed by atoms with Gasteiger partial charge < -0.3 is 5.32 Å². The van der Waals surface area contributed by atoms with Gasteiger partial charge in [-0.3, -0.25) is 5.10 Å². The molecule has 4 heteroatoms. The second kappa shape index (κ2) is 1.58. The minimum Gasteiger partial charge on any atom is -0.372 e. The fraction of sp³-hybridized carbons (Fsp3) is 0.200. The molecule has 0 saturated heterocycles. The number of rotatable bonds is 0. The summed E-state index contributed by atoms with van der Waals surface area (Å²) in [5, 5.41) is 10.6. The van der Waals surface area contributed by atoms with Crippen molar-refractivity contribution < 1.29 is 0 Å². The monoisotopic (exact) mass is 122 g/mol. The van der Waals surface area contributed by atoms with Crippen LogP contribution in [0.5, 0.6) is 0 Å². The Morgan fingerprint density at radius 1 is 1.56 bits per heavy atom. The standard InChI is InChI=1S/C5H6N4/c1-4-2-8-9-5(4)7-3-6-1/h1-2,6H,3H2,(H,7,9). The zero-order chi connectivity index (χ0) is 6.10. The Kier molecular flexibility index (Phi) is 0.798. The maximum Gasteiger partial charge on any atom is 0.153 e. The van der Waals surface area contributed by atoms with Gasteiger partial charge in [0, 0.05) is 6.20 Å². The minimum atomic E-state index is 0.648. The molecule has 0 saturated carbocycles. The molecule has 0 unspecified atom stereocenters. The van der Waals surface area contributed by atoms with Crippen molar-refractivity contribution in [3.8, 4) is 0 Å². The molecule has 1 aromatic rings. The molecule has 0 bridgehead atoms. The number of nitrogens with one attached hydrogen (secondary N) is 2. The Labute approximate surface area is 51.3 Å². The molecule has 9 heavy (non-hydrogen) atoms. The number of hydrogen-bond donors (Lipinski definition) is 2. The van der Waals surface area contributed by atoms with Crippen LogP contribution in [0.4, 0.5) is 0 Å². The smallest absolute Gasteiger partial charge is 0.153 e. The van der Waals surface area contributed by atoms with Crippen LogP contribution in [0.2, 0.25) is 0 Å². The summed E-state index contributed by atoms with van der Waals surface area (Å²) >= 11 is 0. The van der Waals surface area contributed by atoms with Crippen LogP contribution in [0, 0.1) is 0 Å². The van der Waals surface area contributed by atoms with Gasteiger partial charge in [-0.05, 0) is 0 Å². The van der Waals surface area contributed by atoms with Crippen molar-refractivity contribution in [2.45, 2.75) is 0 Å². The van der Waals surface area contributed by atoms with E-state index < -0.39 is 0 Å². The van der Waals surface area contributed by atoms with Gasteiger partial charge in [-0.25, -0.2) is 4.99 Å². The maximum atomic E-state index is 4.09. The predicted octanol–water partition coefficient (Wildman–Crippen LogP) is -1.67. The Morgan fingerprint density at radius 3 is 3.44 bits per heavy atom. The second-order valence-electron chi connectivity index (χ2n) is 1.84. The van der Waals surface area contributed by atoms with Gasteiger partial charge in [0.15, 0.2) is 5.49 Å². The molecule has 0 atom stereocenters. The van der Waals surface area contributed by atoms with Crippen LogP contribution in [0.15, 0.2) is 11.2 Å². The fourth-order valence-electron chi connectivity index (χ4n) is 0.801. The zero-order valence-corrected chi connectivity index (χ0v) is 4.76. The van der Waals surface area contributed by atoms with E-state index in [1.807, 2.05) is 6.20 Å². The van der Waals surface area contributed by atoms with Crippen molar-refractivity contribution in [1.29, 1.82) is 0 Å². The Hall–Kier alpha value is -1.32. The molecule has 1 aliphatic rings. The average molecular weight is 122 g/mol. The van der Waals surface area contributed by atoms with Crippen LogP contribution in [0.3, 0.4) is 0 Å². The quantitative estimate of drug-likeness (QED) is 0.432. The second-order valence-corrected chi connectivity index (χ2v) is 1.84. The molecule has 2 heterocycles. The number of fused-ring (bicyclic) bond motifs is 1. The van der Waals surface area contributed by atoms with Crippen LogP contribution in [-0.2, 0) is 0 Å². The highest BCUT2D eigenvalue weighted by Gasteiger charge is 1.91. The summed E-state index contributed by atoms with van der Waals surface area (Å²) in [5.74, 6) is 0. The Bertz CT molecular complexity index is 279. The molecule has 4 nitrogen and oxygen atoms in total. The highest BCUT2D eigenvalue weighted by atomic mass is 15.1. The molecule has 0 radical (unpaired) electrons. The number of hydrogen-bond acceptors (Lipinski definition) is 3. The largest absolute Gasteiger partial charge is 0.372 e. The number of nitrogens with zero attached hydrogens (tertiary/aromatic N) is 2. The molecule has 0 amide bonds. The van der Waals surface area contributed by atoms with Crippen LogP contribution >= 0.6 is 0 Å². The summed E-state index contributed by atoms with van der Waals surface area (Å²) in [6.07, 6.45) is 3.64. The van der Waals surface area contributed by atoms with E-state index in [-0.39, 0.29) is 0 Å². The van der Waals surface area contributed by atoms with Gasteiger partial charge in [-0.1, -0.05) is 0 Å². The van der Waals surface area contributed by atoms with Crippen molar-refractivity contribution in [2.75, 3.05) is 6.67 Å². The molecule has 2 rings (SSSR count). The lowest BCUT2D eigenvalue weighted by atomic mass is 10.5. The van der Waals surface area contributed by atoms with Gasteiger partial charge >= 0.3 is 0 Å². The molecule has 0 fully saturated rings. The third kappa shape index (κ3) is 0.595. The van der Waals surface area contributed by atoms with E-state index in [0.717, 1.165) is 10.7 Å². The lowest BCUT2D eigenvalue weighted by Crippen LogP contribution is -2.31. The molecule has 46 valence electrons. The van der Waals surface area contributed by atoms with Gasteiger partial charge in [0.1, 0.15) is 6.67 Å². The predicted molar refractivity (Wildman–Crippen MR) is 31.8 cm³/mol.